The third-order valence-corrected chi connectivity index (χ3v) is 4.31. The van der Waals surface area contributed by atoms with Gasteiger partial charge in [0.25, 0.3) is 0 Å². The summed E-state index contributed by atoms with van der Waals surface area (Å²) in [7, 11) is 0. The van der Waals surface area contributed by atoms with Crippen LogP contribution in [0.15, 0.2) is 0 Å². The van der Waals surface area contributed by atoms with Gasteiger partial charge in [-0.25, -0.2) is 0 Å². The molecule has 2 rings (SSSR count). The molecular weight excluding hydrogens is 220 g/mol. The van der Waals surface area contributed by atoms with Crippen LogP contribution in [0.1, 0.15) is 26.2 Å². The SMILES string of the molecule is CC(CN)C(=O)NC1C2CCC(C2)C1C(=O)O. The maximum Gasteiger partial charge on any atom is 0.308 e. The summed E-state index contributed by atoms with van der Waals surface area (Å²) in [6.45, 7) is 2.06. The van der Waals surface area contributed by atoms with Gasteiger partial charge in [-0.2, -0.15) is 0 Å². The first-order valence-corrected chi connectivity index (χ1v) is 6.27. The van der Waals surface area contributed by atoms with E-state index in [4.69, 9.17) is 5.73 Å². The fourth-order valence-corrected chi connectivity index (χ4v) is 3.27. The summed E-state index contributed by atoms with van der Waals surface area (Å²) in [4.78, 5) is 23.0. The van der Waals surface area contributed by atoms with Gasteiger partial charge in [0.2, 0.25) is 5.91 Å². The number of aliphatic carboxylic acids is 1. The Labute approximate surface area is 101 Å². The van der Waals surface area contributed by atoms with Gasteiger partial charge in [-0.15, -0.1) is 0 Å². The van der Waals surface area contributed by atoms with Crippen LogP contribution < -0.4 is 11.1 Å². The van der Waals surface area contributed by atoms with Gasteiger partial charge in [0, 0.05) is 18.5 Å². The molecule has 1 amide bonds. The van der Waals surface area contributed by atoms with Gasteiger partial charge >= 0.3 is 5.97 Å². The molecule has 17 heavy (non-hydrogen) atoms. The van der Waals surface area contributed by atoms with Crippen LogP contribution >= 0.6 is 0 Å². The molecule has 5 heteroatoms. The summed E-state index contributed by atoms with van der Waals surface area (Å²) < 4.78 is 0. The lowest BCUT2D eigenvalue weighted by molar-refractivity contribution is -0.144. The molecule has 0 aliphatic heterocycles. The number of nitrogens with two attached hydrogens (primary N) is 1. The van der Waals surface area contributed by atoms with Crippen molar-refractivity contribution in [2.45, 2.75) is 32.2 Å². The number of carbonyl (C=O) groups excluding carboxylic acids is 1. The van der Waals surface area contributed by atoms with Crippen LogP contribution in [-0.4, -0.2) is 29.6 Å². The lowest BCUT2D eigenvalue weighted by Gasteiger charge is -2.29. The minimum atomic E-state index is -0.775. The predicted molar refractivity (Wildman–Crippen MR) is 62.1 cm³/mol. The lowest BCUT2D eigenvalue weighted by Crippen LogP contribution is -2.49. The molecular formula is C12H20N2O3. The van der Waals surface area contributed by atoms with Gasteiger partial charge in [0.05, 0.1) is 5.92 Å². The molecule has 2 bridgehead atoms. The number of carbonyl (C=O) groups is 2. The zero-order valence-electron chi connectivity index (χ0n) is 10.1. The van der Waals surface area contributed by atoms with Crippen molar-refractivity contribution in [1.82, 2.24) is 5.32 Å². The second-order valence-electron chi connectivity index (χ2n) is 5.37. The second kappa shape index (κ2) is 4.64. The molecule has 0 spiro atoms. The van der Waals surface area contributed by atoms with Crippen molar-refractivity contribution in [3.8, 4) is 0 Å². The number of carboxylic acid groups (broad SMARTS) is 1. The van der Waals surface area contributed by atoms with Crippen molar-refractivity contribution in [1.29, 1.82) is 0 Å². The average Bonchev–Trinajstić information content (AvgIpc) is 2.87. The summed E-state index contributed by atoms with van der Waals surface area (Å²) >= 11 is 0. The molecule has 0 aromatic carbocycles. The largest absolute Gasteiger partial charge is 0.481 e. The van der Waals surface area contributed by atoms with Crippen molar-refractivity contribution in [3.05, 3.63) is 0 Å². The van der Waals surface area contributed by atoms with Crippen molar-refractivity contribution in [2.75, 3.05) is 6.54 Å². The minimum absolute atomic E-state index is 0.115. The van der Waals surface area contributed by atoms with Crippen LogP contribution in [0.3, 0.4) is 0 Å². The van der Waals surface area contributed by atoms with E-state index in [-0.39, 0.29) is 23.8 Å². The summed E-state index contributed by atoms with van der Waals surface area (Å²) in [6, 6.07) is -0.187. The molecule has 96 valence electrons. The molecule has 4 N–H and O–H groups in total. The fourth-order valence-electron chi connectivity index (χ4n) is 3.27. The molecule has 2 aliphatic rings. The maximum atomic E-state index is 11.8. The molecule has 2 aliphatic carbocycles. The van der Waals surface area contributed by atoms with E-state index in [1.165, 1.54) is 0 Å². The molecule has 5 nitrogen and oxygen atoms in total. The average molecular weight is 240 g/mol. The highest BCUT2D eigenvalue weighted by Gasteiger charge is 2.51. The van der Waals surface area contributed by atoms with E-state index in [9.17, 15) is 14.7 Å². The van der Waals surface area contributed by atoms with Gasteiger partial charge in [-0.1, -0.05) is 6.92 Å². The van der Waals surface area contributed by atoms with Crippen LogP contribution in [0.4, 0.5) is 0 Å². The monoisotopic (exact) mass is 240 g/mol. The number of hydrogen-bond donors (Lipinski definition) is 3. The molecule has 0 aromatic rings. The summed E-state index contributed by atoms with van der Waals surface area (Å²) in [5, 5.41) is 12.1. The molecule has 0 aromatic heterocycles. The van der Waals surface area contributed by atoms with Crippen LogP contribution in [0.2, 0.25) is 0 Å². The van der Waals surface area contributed by atoms with E-state index in [0.29, 0.717) is 12.5 Å². The molecule has 2 saturated carbocycles. The number of amides is 1. The Balaban J connectivity index is 2.04. The van der Waals surface area contributed by atoms with Gasteiger partial charge in [0.15, 0.2) is 0 Å². The topological polar surface area (TPSA) is 92.4 Å². The van der Waals surface area contributed by atoms with Crippen molar-refractivity contribution >= 4 is 11.9 Å². The Hall–Kier alpha value is -1.10. The molecule has 5 unspecified atom stereocenters. The van der Waals surface area contributed by atoms with Crippen molar-refractivity contribution < 1.29 is 14.7 Å². The quantitative estimate of drug-likeness (QED) is 0.654. The van der Waals surface area contributed by atoms with E-state index in [0.717, 1.165) is 19.3 Å². The molecule has 2 fully saturated rings. The van der Waals surface area contributed by atoms with E-state index in [2.05, 4.69) is 5.32 Å². The fraction of sp³-hybridized carbons (Fsp3) is 0.833. The highest BCUT2D eigenvalue weighted by molar-refractivity contribution is 5.80. The smallest absolute Gasteiger partial charge is 0.308 e. The van der Waals surface area contributed by atoms with Crippen LogP contribution in [0.5, 0.6) is 0 Å². The Kier molecular flexibility index (Phi) is 3.38. The first-order valence-electron chi connectivity index (χ1n) is 6.27. The van der Waals surface area contributed by atoms with Gasteiger partial charge in [-0.3, -0.25) is 9.59 Å². The standard InChI is InChI=1S/C12H20N2O3/c1-6(5-13)11(15)14-10-8-3-2-7(4-8)9(10)12(16)17/h6-10H,2-5,13H2,1H3,(H,14,15)(H,16,17). The Bertz CT molecular complexity index is 332. The van der Waals surface area contributed by atoms with E-state index in [1.54, 1.807) is 6.92 Å². The number of nitrogens with one attached hydrogen (secondary N) is 1. The van der Waals surface area contributed by atoms with E-state index < -0.39 is 11.9 Å². The van der Waals surface area contributed by atoms with Crippen LogP contribution in [0.25, 0.3) is 0 Å². The van der Waals surface area contributed by atoms with Gasteiger partial charge < -0.3 is 16.2 Å². The number of rotatable bonds is 4. The van der Waals surface area contributed by atoms with Gasteiger partial charge in [0.1, 0.15) is 0 Å². The highest BCUT2D eigenvalue weighted by Crippen LogP contribution is 2.48. The molecule has 0 saturated heterocycles. The first kappa shape index (κ1) is 12.4. The number of hydrogen-bond acceptors (Lipinski definition) is 3. The Morgan fingerprint density at radius 1 is 1.41 bits per heavy atom. The predicted octanol–water partition coefficient (Wildman–Crippen LogP) is 0.197. The van der Waals surface area contributed by atoms with E-state index >= 15 is 0 Å². The third-order valence-electron chi connectivity index (χ3n) is 4.31. The maximum absolute atomic E-state index is 11.8. The number of fused-ring (bicyclic) bond motifs is 2. The molecule has 0 radical (unpaired) electrons. The Morgan fingerprint density at radius 3 is 2.65 bits per heavy atom. The normalized spacial score (nSPS) is 36.8. The third kappa shape index (κ3) is 2.16. The molecule has 0 heterocycles. The zero-order valence-corrected chi connectivity index (χ0v) is 10.1. The lowest BCUT2D eigenvalue weighted by atomic mass is 9.84. The highest BCUT2D eigenvalue weighted by atomic mass is 16.4. The summed E-state index contributed by atoms with van der Waals surface area (Å²) in [6.07, 6.45) is 2.97. The van der Waals surface area contributed by atoms with Gasteiger partial charge in [-0.05, 0) is 31.1 Å². The summed E-state index contributed by atoms with van der Waals surface area (Å²) in [5.74, 6) is -0.948. The van der Waals surface area contributed by atoms with Crippen molar-refractivity contribution in [2.24, 2.45) is 29.4 Å². The molecule has 5 atom stereocenters. The van der Waals surface area contributed by atoms with Crippen LogP contribution in [0, 0.1) is 23.7 Å². The van der Waals surface area contributed by atoms with Crippen molar-refractivity contribution in [3.63, 3.8) is 0 Å². The number of carboxylic acids is 1. The first-order chi connectivity index (χ1) is 8.04. The van der Waals surface area contributed by atoms with Crippen LogP contribution in [-0.2, 0) is 9.59 Å². The second-order valence-corrected chi connectivity index (χ2v) is 5.37. The summed E-state index contributed by atoms with van der Waals surface area (Å²) in [5.41, 5.74) is 5.44. The minimum Gasteiger partial charge on any atom is -0.481 e. The zero-order chi connectivity index (χ0) is 12.6. The Morgan fingerprint density at radius 2 is 2.06 bits per heavy atom. The van der Waals surface area contributed by atoms with E-state index in [1.807, 2.05) is 0 Å².